The van der Waals surface area contributed by atoms with Gasteiger partial charge in [0.2, 0.25) is 0 Å². The summed E-state index contributed by atoms with van der Waals surface area (Å²) in [4.78, 5) is 30.4. The molecular formula is C22H16N6O. The van der Waals surface area contributed by atoms with Crippen molar-refractivity contribution >= 4 is 22.5 Å². The van der Waals surface area contributed by atoms with Crippen molar-refractivity contribution in [1.82, 2.24) is 29.7 Å². The van der Waals surface area contributed by atoms with Crippen LogP contribution in [-0.4, -0.2) is 30.2 Å². The standard InChI is InChI=1S/C22H16N6O/c29-22(25-13-15-4-3-8-24-12-15)18-17-5-1-2-11-28(17)21-19(18)20(26-14-27-21)16-6-9-23-10-7-16/h1-12,14H,13H2,(H,25,29). The molecule has 0 aliphatic carbocycles. The molecule has 0 atom stereocenters. The zero-order chi connectivity index (χ0) is 19.6. The number of nitrogens with one attached hydrogen (secondary N) is 1. The number of hydrogen-bond acceptors (Lipinski definition) is 5. The molecule has 0 radical (unpaired) electrons. The van der Waals surface area contributed by atoms with E-state index in [0.717, 1.165) is 16.6 Å². The lowest BCUT2D eigenvalue weighted by molar-refractivity contribution is 0.0954. The molecule has 140 valence electrons. The highest BCUT2D eigenvalue weighted by atomic mass is 16.1. The first-order valence-electron chi connectivity index (χ1n) is 9.14. The van der Waals surface area contributed by atoms with Crippen LogP contribution in [0.4, 0.5) is 0 Å². The summed E-state index contributed by atoms with van der Waals surface area (Å²) in [6.07, 6.45) is 10.3. The Kier molecular flexibility index (Phi) is 4.18. The number of carbonyl (C=O) groups excluding carboxylic acids is 1. The number of rotatable bonds is 4. The Morgan fingerprint density at radius 3 is 2.69 bits per heavy atom. The SMILES string of the molecule is O=C(NCc1cccnc1)c1c2c(-c3ccncc3)ncnc2n2ccccc12. The van der Waals surface area contributed by atoms with Crippen molar-refractivity contribution in [2.75, 3.05) is 0 Å². The predicted molar refractivity (Wildman–Crippen MR) is 109 cm³/mol. The summed E-state index contributed by atoms with van der Waals surface area (Å²) >= 11 is 0. The zero-order valence-corrected chi connectivity index (χ0v) is 15.4. The number of hydrogen-bond donors (Lipinski definition) is 1. The van der Waals surface area contributed by atoms with Gasteiger partial charge in [0.15, 0.2) is 0 Å². The maximum atomic E-state index is 13.3. The Morgan fingerprint density at radius 1 is 0.966 bits per heavy atom. The van der Waals surface area contributed by atoms with E-state index in [1.54, 1.807) is 24.8 Å². The molecule has 1 N–H and O–H groups in total. The molecule has 5 aromatic rings. The lowest BCUT2D eigenvalue weighted by atomic mass is 10.1. The molecular weight excluding hydrogens is 364 g/mol. The quantitative estimate of drug-likeness (QED) is 0.517. The van der Waals surface area contributed by atoms with Gasteiger partial charge in [0.1, 0.15) is 12.0 Å². The normalized spacial score (nSPS) is 11.0. The van der Waals surface area contributed by atoms with E-state index in [9.17, 15) is 4.79 Å². The highest BCUT2D eigenvalue weighted by molar-refractivity contribution is 6.16. The monoisotopic (exact) mass is 380 g/mol. The largest absolute Gasteiger partial charge is 0.348 e. The van der Waals surface area contributed by atoms with Gasteiger partial charge in [0.05, 0.1) is 22.2 Å². The van der Waals surface area contributed by atoms with Gasteiger partial charge in [0.25, 0.3) is 5.91 Å². The van der Waals surface area contributed by atoms with Gasteiger partial charge in [-0.3, -0.25) is 14.8 Å². The topological polar surface area (TPSA) is 85.1 Å². The minimum Gasteiger partial charge on any atom is -0.348 e. The van der Waals surface area contributed by atoms with Gasteiger partial charge in [0, 0.05) is 43.1 Å². The van der Waals surface area contributed by atoms with Gasteiger partial charge in [-0.05, 0) is 35.9 Å². The van der Waals surface area contributed by atoms with Crippen molar-refractivity contribution in [2.24, 2.45) is 0 Å². The first-order chi connectivity index (χ1) is 14.3. The summed E-state index contributed by atoms with van der Waals surface area (Å²) in [6, 6.07) is 13.3. The van der Waals surface area contributed by atoms with Crippen molar-refractivity contribution in [1.29, 1.82) is 0 Å². The maximum absolute atomic E-state index is 13.3. The molecule has 0 saturated heterocycles. The Balaban J connectivity index is 1.69. The highest BCUT2D eigenvalue weighted by Gasteiger charge is 2.22. The van der Waals surface area contributed by atoms with Crippen LogP contribution in [0, 0.1) is 0 Å². The third-order valence-corrected chi connectivity index (χ3v) is 4.78. The molecule has 1 amide bonds. The number of amides is 1. The van der Waals surface area contributed by atoms with E-state index in [4.69, 9.17) is 0 Å². The van der Waals surface area contributed by atoms with Crippen LogP contribution in [0.25, 0.3) is 27.8 Å². The molecule has 0 aromatic carbocycles. The summed E-state index contributed by atoms with van der Waals surface area (Å²) in [7, 11) is 0. The molecule has 7 heteroatoms. The number of aromatic nitrogens is 5. The average molecular weight is 380 g/mol. The summed E-state index contributed by atoms with van der Waals surface area (Å²) in [5.74, 6) is -0.183. The molecule has 0 bridgehead atoms. The van der Waals surface area contributed by atoms with Crippen LogP contribution in [0.3, 0.4) is 0 Å². The van der Waals surface area contributed by atoms with Crippen molar-refractivity contribution in [3.63, 3.8) is 0 Å². The van der Waals surface area contributed by atoms with Gasteiger partial charge in [-0.1, -0.05) is 12.1 Å². The van der Waals surface area contributed by atoms with E-state index in [1.165, 1.54) is 6.33 Å². The van der Waals surface area contributed by atoms with Crippen molar-refractivity contribution in [3.8, 4) is 11.3 Å². The van der Waals surface area contributed by atoms with Crippen LogP contribution in [0.2, 0.25) is 0 Å². The Bertz CT molecular complexity index is 1320. The van der Waals surface area contributed by atoms with E-state index in [1.807, 2.05) is 53.1 Å². The molecule has 0 fully saturated rings. The van der Waals surface area contributed by atoms with Gasteiger partial charge in [-0.25, -0.2) is 9.97 Å². The molecule has 0 unspecified atom stereocenters. The van der Waals surface area contributed by atoms with E-state index >= 15 is 0 Å². The van der Waals surface area contributed by atoms with Gasteiger partial charge in [-0.15, -0.1) is 0 Å². The lowest BCUT2D eigenvalue weighted by Crippen LogP contribution is -2.23. The highest BCUT2D eigenvalue weighted by Crippen LogP contribution is 2.32. The first kappa shape index (κ1) is 17.0. The summed E-state index contributed by atoms with van der Waals surface area (Å²) < 4.78 is 1.92. The molecule has 5 heterocycles. The summed E-state index contributed by atoms with van der Waals surface area (Å²) in [5.41, 5.74) is 4.53. The fraction of sp³-hybridized carbons (Fsp3) is 0.0455. The number of nitrogens with zero attached hydrogens (tertiary/aromatic N) is 5. The molecule has 0 saturated carbocycles. The van der Waals surface area contributed by atoms with E-state index in [0.29, 0.717) is 28.8 Å². The second-order valence-corrected chi connectivity index (χ2v) is 6.53. The molecule has 0 aliphatic rings. The second-order valence-electron chi connectivity index (χ2n) is 6.53. The molecule has 0 aliphatic heterocycles. The Hall–Kier alpha value is -4.13. The Labute approximate surface area is 166 Å². The number of carbonyl (C=O) groups is 1. The second kappa shape index (κ2) is 7.12. The summed E-state index contributed by atoms with van der Waals surface area (Å²) in [5, 5.41) is 3.72. The van der Waals surface area contributed by atoms with Gasteiger partial charge < -0.3 is 9.72 Å². The fourth-order valence-corrected chi connectivity index (χ4v) is 3.48. The summed E-state index contributed by atoms with van der Waals surface area (Å²) in [6.45, 7) is 0.386. The number of fused-ring (bicyclic) bond motifs is 3. The molecule has 5 rings (SSSR count). The van der Waals surface area contributed by atoms with Crippen molar-refractivity contribution < 1.29 is 4.79 Å². The maximum Gasteiger partial charge on any atom is 0.254 e. The predicted octanol–water partition coefficient (Wildman–Crippen LogP) is 3.27. The fourth-order valence-electron chi connectivity index (χ4n) is 3.48. The van der Waals surface area contributed by atoms with Crippen LogP contribution in [0.5, 0.6) is 0 Å². The lowest BCUT2D eigenvalue weighted by Gasteiger charge is -2.07. The average Bonchev–Trinajstić information content (AvgIpc) is 3.13. The zero-order valence-electron chi connectivity index (χ0n) is 15.4. The van der Waals surface area contributed by atoms with E-state index in [-0.39, 0.29) is 5.91 Å². The first-order valence-corrected chi connectivity index (χ1v) is 9.14. The molecule has 7 nitrogen and oxygen atoms in total. The third-order valence-electron chi connectivity index (χ3n) is 4.78. The minimum absolute atomic E-state index is 0.183. The molecule has 0 spiro atoms. The van der Waals surface area contributed by atoms with E-state index in [2.05, 4.69) is 25.3 Å². The number of pyridine rings is 3. The van der Waals surface area contributed by atoms with E-state index < -0.39 is 0 Å². The third kappa shape index (κ3) is 2.98. The van der Waals surface area contributed by atoms with Gasteiger partial charge in [-0.2, -0.15) is 0 Å². The van der Waals surface area contributed by atoms with Gasteiger partial charge >= 0.3 is 0 Å². The van der Waals surface area contributed by atoms with Crippen LogP contribution in [0.1, 0.15) is 15.9 Å². The molecule has 29 heavy (non-hydrogen) atoms. The van der Waals surface area contributed by atoms with Crippen LogP contribution in [0.15, 0.2) is 79.8 Å². The molecule has 5 aromatic heterocycles. The van der Waals surface area contributed by atoms with Crippen LogP contribution >= 0.6 is 0 Å². The smallest absolute Gasteiger partial charge is 0.254 e. The van der Waals surface area contributed by atoms with Crippen LogP contribution in [-0.2, 0) is 6.54 Å². The Morgan fingerprint density at radius 2 is 1.86 bits per heavy atom. The van der Waals surface area contributed by atoms with Crippen molar-refractivity contribution in [2.45, 2.75) is 6.54 Å². The minimum atomic E-state index is -0.183. The van der Waals surface area contributed by atoms with Crippen LogP contribution < -0.4 is 5.32 Å². The van der Waals surface area contributed by atoms with Crippen molar-refractivity contribution in [3.05, 3.63) is 90.9 Å².